The van der Waals surface area contributed by atoms with Crippen molar-refractivity contribution in [3.05, 3.63) is 66.0 Å². The molecule has 2 heterocycles. The van der Waals surface area contributed by atoms with Gasteiger partial charge in [0.2, 0.25) is 0 Å². The first kappa shape index (κ1) is 27.1. The zero-order valence-corrected chi connectivity index (χ0v) is 23.1. The minimum absolute atomic E-state index is 0.0613. The largest absolute Gasteiger partial charge is 0.340 e. The topological polar surface area (TPSA) is 110 Å². The number of benzene rings is 2. The number of H-pyrrole nitrogens is 1. The molecule has 5 rings (SSSR count). The fourth-order valence-corrected chi connectivity index (χ4v) is 6.56. The molecule has 0 saturated heterocycles. The minimum atomic E-state index is -3.57. The van der Waals surface area contributed by atoms with Gasteiger partial charge in [0, 0.05) is 30.1 Å². The number of nitrogens with zero attached hydrogens (tertiary/aromatic N) is 3. The van der Waals surface area contributed by atoms with Gasteiger partial charge in [0.15, 0.2) is 15.7 Å². The first-order valence-electron chi connectivity index (χ1n) is 13.6. The highest BCUT2D eigenvalue weighted by molar-refractivity contribution is 7.90. The lowest BCUT2D eigenvalue weighted by Crippen LogP contribution is -2.35. The third kappa shape index (κ3) is 5.61. The molecule has 2 aromatic heterocycles. The van der Waals surface area contributed by atoms with E-state index in [0.29, 0.717) is 29.1 Å². The maximum absolute atomic E-state index is 16.0. The van der Waals surface area contributed by atoms with Gasteiger partial charge in [-0.3, -0.25) is 9.48 Å². The predicted molar refractivity (Wildman–Crippen MR) is 149 cm³/mol. The average Bonchev–Trinajstić information content (AvgIpc) is 3.55. The number of aromatic nitrogens is 4. The summed E-state index contributed by atoms with van der Waals surface area (Å²) >= 11 is 0. The molecule has 1 atom stereocenters. The number of hydrogen-bond acceptors (Lipinski definition) is 5. The monoisotopic (exact) mass is 551 g/mol. The number of imidazole rings is 1. The first-order valence-corrected chi connectivity index (χ1v) is 15.5. The van der Waals surface area contributed by atoms with Crippen LogP contribution in [0.4, 0.5) is 4.39 Å². The SMILES string of the molecule is CCn1nccc1C(=O)NC(c1nc2c(F)c(-c3ccccc3S(C)(=O)=O)ccc2[nH]1)C1CCCCCCC1. The van der Waals surface area contributed by atoms with E-state index in [-0.39, 0.29) is 27.8 Å². The zero-order valence-electron chi connectivity index (χ0n) is 22.3. The van der Waals surface area contributed by atoms with E-state index in [1.165, 1.54) is 12.5 Å². The lowest BCUT2D eigenvalue weighted by Gasteiger charge is -2.28. The molecule has 1 saturated carbocycles. The van der Waals surface area contributed by atoms with Gasteiger partial charge in [-0.1, -0.05) is 50.3 Å². The Morgan fingerprint density at radius 1 is 1.08 bits per heavy atom. The van der Waals surface area contributed by atoms with E-state index in [1.54, 1.807) is 47.3 Å². The Morgan fingerprint density at radius 3 is 2.51 bits per heavy atom. The number of fused-ring (bicyclic) bond motifs is 1. The lowest BCUT2D eigenvalue weighted by molar-refractivity contribution is 0.0901. The van der Waals surface area contributed by atoms with Crippen LogP contribution in [0.5, 0.6) is 0 Å². The number of hydrogen-bond donors (Lipinski definition) is 2. The van der Waals surface area contributed by atoms with Crippen LogP contribution in [0.2, 0.25) is 0 Å². The molecule has 10 heteroatoms. The van der Waals surface area contributed by atoms with Gasteiger partial charge in [-0.05, 0) is 49.9 Å². The number of sulfone groups is 1. The van der Waals surface area contributed by atoms with Crippen molar-refractivity contribution in [1.29, 1.82) is 0 Å². The number of nitrogens with one attached hydrogen (secondary N) is 2. The number of amides is 1. The molecule has 0 spiro atoms. The maximum Gasteiger partial charge on any atom is 0.270 e. The second-order valence-electron chi connectivity index (χ2n) is 10.3. The molecule has 39 heavy (non-hydrogen) atoms. The fourth-order valence-electron chi connectivity index (χ4n) is 5.65. The number of rotatable bonds is 7. The summed E-state index contributed by atoms with van der Waals surface area (Å²) in [5.74, 6) is -0.205. The van der Waals surface area contributed by atoms with E-state index >= 15 is 4.39 Å². The molecule has 1 aliphatic carbocycles. The molecule has 1 aliphatic rings. The van der Waals surface area contributed by atoms with E-state index < -0.39 is 21.7 Å². The fraction of sp³-hybridized carbons (Fsp3) is 0.414. The molecule has 8 nitrogen and oxygen atoms in total. The zero-order chi connectivity index (χ0) is 27.6. The van der Waals surface area contributed by atoms with Crippen LogP contribution in [-0.4, -0.2) is 40.3 Å². The van der Waals surface area contributed by atoms with Crippen LogP contribution in [0.3, 0.4) is 0 Å². The summed E-state index contributed by atoms with van der Waals surface area (Å²) in [5, 5.41) is 7.41. The van der Waals surface area contributed by atoms with Gasteiger partial charge >= 0.3 is 0 Å². The smallest absolute Gasteiger partial charge is 0.270 e. The van der Waals surface area contributed by atoms with Gasteiger partial charge in [-0.25, -0.2) is 17.8 Å². The molecule has 1 unspecified atom stereocenters. The molecular formula is C29H34FN5O3S. The van der Waals surface area contributed by atoms with E-state index in [2.05, 4.69) is 20.4 Å². The van der Waals surface area contributed by atoms with Crippen LogP contribution in [0.25, 0.3) is 22.2 Å². The van der Waals surface area contributed by atoms with Crippen molar-refractivity contribution in [3.8, 4) is 11.1 Å². The second-order valence-corrected chi connectivity index (χ2v) is 12.3. The van der Waals surface area contributed by atoms with Crippen LogP contribution < -0.4 is 5.32 Å². The molecule has 0 aliphatic heterocycles. The lowest BCUT2D eigenvalue weighted by atomic mass is 9.85. The van der Waals surface area contributed by atoms with E-state index in [4.69, 9.17) is 0 Å². The van der Waals surface area contributed by atoms with Gasteiger partial charge in [0.1, 0.15) is 17.0 Å². The first-order chi connectivity index (χ1) is 18.8. The van der Waals surface area contributed by atoms with Gasteiger partial charge in [0.05, 0.1) is 16.5 Å². The summed E-state index contributed by atoms with van der Waals surface area (Å²) in [6, 6.07) is 10.9. The molecule has 4 aromatic rings. The number of aryl methyl sites for hydroxylation is 1. The number of carbonyl (C=O) groups is 1. The van der Waals surface area contributed by atoms with Crippen molar-refractivity contribution < 1.29 is 17.6 Å². The average molecular weight is 552 g/mol. The molecule has 206 valence electrons. The Hall–Kier alpha value is -3.53. The van der Waals surface area contributed by atoms with Crippen molar-refractivity contribution in [3.63, 3.8) is 0 Å². The summed E-state index contributed by atoms with van der Waals surface area (Å²) in [6.07, 6.45) is 10.2. The Morgan fingerprint density at radius 2 is 1.79 bits per heavy atom. The molecule has 1 fully saturated rings. The number of aromatic amines is 1. The van der Waals surface area contributed by atoms with Gasteiger partial charge in [0.25, 0.3) is 5.91 Å². The van der Waals surface area contributed by atoms with Crippen molar-refractivity contribution in [1.82, 2.24) is 25.1 Å². The summed E-state index contributed by atoms with van der Waals surface area (Å²) in [7, 11) is -3.57. The van der Waals surface area contributed by atoms with Gasteiger partial charge < -0.3 is 10.3 Å². The normalized spacial score (nSPS) is 16.1. The highest BCUT2D eigenvalue weighted by Gasteiger charge is 2.30. The highest BCUT2D eigenvalue weighted by atomic mass is 32.2. The summed E-state index contributed by atoms with van der Waals surface area (Å²) in [6.45, 7) is 2.50. The molecule has 0 radical (unpaired) electrons. The Balaban J connectivity index is 1.57. The van der Waals surface area contributed by atoms with Crippen LogP contribution in [0.15, 0.2) is 53.6 Å². The molecular weight excluding hydrogens is 517 g/mol. The van der Waals surface area contributed by atoms with Crippen LogP contribution in [0.1, 0.15) is 74.2 Å². The van der Waals surface area contributed by atoms with Crippen molar-refractivity contribution >= 4 is 26.8 Å². The van der Waals surface area contributed by atoms with E-state index in [9.17, 15) is 13.2 Å². The third-order valence-electron chi connectivity index (χ3n) is 7.64. The van der Waals surface area contributed by atoms with Crippen molar-refractivity contribution in [2.45, 2.75) is 69.4 Å². The van der Waals surface area contributed by atoms with Crippen molar-refractivity contribution in [2.75, 3.05) is 6.26 Å². The maximum atomic E-state index is 16.0. The Bertz CT molecular complexity index is 1590. The summed E-state index contributed by atoms with van der Waals surface area (Å²) in [4.78, 5) is 21.4. The standard InChI is InChI=1S/C29H34FN5O3S/c1-3-35-23(17-18-31-35)29(36)34-26(19-11-7-5-4-6-8-12-19)28-32-22-16-15-21(25(30)27(22)33-28)20-13-9-10-14-24(20)39(2,37)38/h9-10,13-19,26H,3-8,11-12H2,1-2H3,(H,32,33)(H,34,36). The second kappa shape index (κ2) is 11.3. The number of carbonyl (C=O) groups excluding carboxylic acids is 1. The quantitative estimate of drug-likeness (QED) is 0.301. The minimum Gasteiger partial charge on any atom is -0.340 e. The van der Waals surface area contributed by atoms with E-state index in [1.807, 2.05) is 6.92 Å². The van der Waals surface area contributed by atoms with Gasteiger partial charge in [-0.15, -0.1) is 0 Å². The van der Waals surface area contributed by atoms with Crippen LogP contribution in [0, 0.1) is 11.7 Å². The van der Waals surface area contributed by atoms with Crippen LogP contribution >= 0.6 is 0 Å². The third-order valence-corrected chi connectivity index (χ3v) is 8.79. The van der Waals surface area contributed by atoms with Crippen molar-refractivity contribution in [2.24, 2.45) is 5.92 Å². The van der Waals surface area contributed by atoms with Crippen LogP contribution in [-0.2, 0) is 16.4 Å². The van der Waals surface area contributed by atoms with E-state index in [0.717, 1.165) is 44.8 Å². The molecule has 0 bridgehead atoms. The number of halogens is 1. The summed E-state index contributed by atoms with van der Waals surface area (Å²) in [5.41, 5.74) is 1.54. The molecule has 2 aromatic carbocycles. The summed E-state index contributed by atoms with van der Waals surface area (Å²) < 4.78 is 42.4. The highest BCUT2D eigenvalue weighted by Crippen LogP contribution is 2.36. The van der Waals surface area contributed by atoms with Gasteiger partial charge in [-0.2, -0.15) is 5.10 Å². The Kier molecular flexibility index (Phi) is 7.83. The molecule has 2 N–H and O–H groups in total. The Labute approximate surface area is 228 Å². The molecule has 1 amide bonds. The predicted octanol–water partition coefficient (Wildman–Crippen LogP) is 5.82.